The Morgan fingerprint density at radius 2 is 2.08 bits per heavy atom. The molecule has 26 heavy (non-hydrogen) atoms. The first-order valence-electron chi connectivity index (χ1n) is 8.66. The van der Waals surface area contributed by atoms with E-state index in [4.69, 9.17) is 0 Å². The van der Waals surface area contributed by atoms with Crippen LogP contribution in [0.1, 0.15) is 39.7 Å². The lowest BCUT2D eigenvalue weighted by Gasteiger charge is -2.11. The zero-order valence-electron chi connectivity index (χ0n) is 14.5. The molecule has 3 heterocycles. The fourth-order valence-electron chi connectivity index (χ4n) is 3.13. The molecule has 5 nitrogen and oxygen atoms in total. The number of imidazole rings is 1. The minimum Gasteiger partial charge on any atom is -0.346 e. The fraction of sp³-hybridized carbons (Fsp3) is 0.316. The predicted molar refractivity (Wildman–Crippen MR) is 98.6 cm³/mol. The standard InChI is InChI=1S/C19H19FN4OS/c1-12-17(26-19(22-12)13-5-7-14(20)8-6-13)18(25)21-10-15-11-24-9-3-2-4-16(24)23-15/h5-8,11H,2-4,9-10H2,1H3,(H,21,25). The zero-order chi connectivity index (χ0) is 18.1. The Morgan fingerprint density at radius 3 is 2.85 bits per heavy atom. The monoisotopic (exact) mass is 370 g/mol. The summed E-state index contributed by atoms with van der Waals surface area (Å²) in [5.74, 6) is 0.662. The molecular formula is C19H19FN4OS. The summed E-state index contributed by atoms with van der Waals surface area (Å²) in [6.07, 6.45) is 5.39. The number of carbonyl (C=O) groups excluding carboxylic acids is 1. The van der Waals surface area contributed by atoms with Gasteiger partial charge in [-0.15, -0.1) is 11.3 Å². The number of rotatable bonds is 4. The number of halogens is 1. The van der Waals surface area contributed by atoms with Gasteiger partial charge in [0.1, 0.15) is 21.5 Å². The van der Waals surface area contributed by atoms with Gasteiger partial charge >= 0.3 is 0 Å². The number of aryl methyl sites for hydroxylation is 3. The molecule has 1 aliphatic heterocycles. The summed E-state index contributed by atoms with van der Waals surface area (Å²) in [6, 6.07) is 6.13. The third kappa shape index (κ3) is 3.39. The van der Waals surface area contributed by atoms with E-state index in [0.717, 1.165) is 30.0 Å². The third-order valence-corrected chi connectivity index (χ3v) is 5.69. The zero-order valence-corrected chi connectivity index (χ0v) is 15.3. The predicted octanol–water partition coefficient (Wildman–Crippen LogP) is 3.72. The van der Waals surface area contributed by atoms with Gasteiger partial charge in [0.15, 0.2) is 0 Å². The number of nitrogens with one attached hydrogen (secondary N) is 1. The highest BCUT2D eigenvalue weighted by Crippen LogP contribution is 2.28. The Hall–Kier alpha value is -2.54. The Labute approximate surface area is 154 Å². The van der Waals surface area contributed by atoms with Crippen molar-refractivity contribution in [1.82, 2.24) is 19.9 Å². The lowest BCUT2D eigenvalue weighted by molar-refractivity contribution is 0.0953. The van der Waals surface area contributed by atoms with Crippen molar-refractivity contribution < 1.29 is 9.18 Å². The van der Waals surface area contributed by atoms with Crippen LogP contribution in [0.5, 0.6) is 0 Å². The van der Waals surface area contributed by atoms with Gasteiger partial charge in [0.25, 0.3) is 5.91 Å². The second kappa shape index (κ2) is 6.99. The number of fused-ring (bicyclic) bond motifs is 1. The molecule has 0 aliphatic carbocycles. The Balaban J connectivity index is 1.46. The van der Waals surface area contributed by atoms with Crippen LogP contribution in [-0.4, -0.2) is 20.4 Å². The van der Waals surface area contributed by atoms with E-state index in [1.165, 1.54) is 36.3 Å². The highest BCUT2D eigenvalue weighted by Gasteiger charge is 2.17. The van der Waals surface area contributed by atoms with Crippen molar-refractivity contribution in [2.45, 2.75) is 39.3 Å². The fourth-order valence-corrected chi connectivity index (χ4v) is 4.12. The molecule has 0 fully saturated rings. The van der Waals surface area contributed by atoms with Crippen molar-refractivity contribution in [2.24, 2.45) is 0 Å². The first-order valence-corrected chi connectivity index (χ1v) is 9.48. The molecule has 0 unspecified atom stereocenters. The molecule has 0 radical (unpaired) electrons. The first-order chi connectivity index (χ1) is 12.6. The van der Waals surface area contributed by atoms with E-state index in [9.17, 15) is 9.18 Å². The van der Waals surface area contributed by atoms with Crippen LogP contribution < -0.4 is 5.32 Å². The number of hydrogen-bond donors (Lipinski definition) is 1. The van der Waals surface area contributed by atoms with Gasteiger partial charge in [-0.25, -0.2) is 14.4 Å². The van der Waals surface area contributed by atoms with Crippen LogP contribution in [-0.2, 0) is 19.5 Å². The largest absolute Gasteiger partial charge is 0.346 e. The summed E-state index contributed by atoms with van der Waals surface area (Å²) in [4.78, 5) is 22.2. The number of nitrogens with zero attached hydrogens (tertiary/aromatic N) is 3. The molecule has 0 saturated heterocycles. The van der Waals surface area contributed by atoms with E-state index >= 15 is 0 Å². The average Bonchev–Trinajstić information content (AvgIpc) is 3.23. The van der Waals surface area contributed by atoms with Gasteiger partial charge in [-0.05, 0) is 44.0 Å². The Morgan fingerprint density at radius 1 is 1.27 bits per heavy atom. The van der Waals surface area contributed by atoms with E-state index in [0.29, 0.717) is 22.1 Å². The molecule has 0 saturated carbocycles. The molecule has 1 aromatic carbocycles. The molecule has 4 rings (SSSR count). The van der Waals surface area contributed by atoms with Crippen molar-refractivity contribution in [3.63, 3.8) is 0 Å². The minimum atomic E-state index is -0.289. The van der Waals surface area contributed by atoms with Crippen LogP contribution in [0.2, 0.25) is 0 Å². The van der Waals surface area contributed by atoms with Crippen LogP contribution in [0.4, 0.5) is 4.39 Å². The normalized spacial score (nSPS) is 13.5. The summed E-state index contributed by atoms with van der Waals surface area (Å²) in [5, 5.41) is 3.65. The number of benzene rings is 1. The minimum absolute atomic E-state index is 0.153. The SMILES string of the molecule is Cc1nc(-c2ccc(F)cc2)sc1C(=O)NCc1cn2c(n1)CCCC2. The van der Waals surface area contributed by atoms with Gasteiger partial charge < -0.3 is 9.88 Å². The second-order valence-electron chi connectivity index (χ2n) is 6.42. The highest BCUT2D eigenvalue weighted by molar-refractivity contribution is 7.17. The quantitative estimate of drug-likeness (QED) is 0.761. The maximum Gasteiger partial charge on any atom is 0.263 e. The number of carbonyl (C=O) groups is 1. The number of aromatic nitrogens is 3. The molecule has 0 bridgehead atoms. The molecular weight excluding hydrogens is 351 g/mol. The summed E-state index contributed by atoms with van der Waals surface area (Å²) >= 11 is 1.32. The van der Waals surface area contributed by atoms with E-state index in [1.54, 1.807) is 12.1 Å². The van der Waals surface area contributed by atoms with Crippen LogP contribution in [0.3, 0.4) is 0 Å². The van der Waals surface area contributed by atoms with Gasteiger partial charge in [-0.3, -0.25) is 4.79 Å². The van der Waals surface area contributed by atoms with Crippen molar-refractivity contribution in [1.29, 1.82) is 0 Å². The lowest BCUT2D eigenvalue weighted by Crippen LogP contribution is -2.22. The van der Waals surface area contributed by atoms with E-state index in [1.807, 2.05) is 13.1 Å². The molecule has 0 spiro atoms. The van der Waals surface area contributed by atoms with Crippen LogP contribution in [0.25, 0.3) is 10.6 Å². The molecule has 3 aromatic rings. The van der Waals surface area contributed by atoms with Gasteiger partial charge in [0.05, 0.1) is 17.9 Å². The first kappa shape index (κ1) is 16.9. The number of amides is 1. The van der Waals surface area contributed by atoms with Crippen LogP contribution in [0, 0.1) is 12.7 Å². The second-order valence-corrected chi connectivity index (χ2v) is 7.42. The molecule has 1 amide bonds. The number of thiazole rings is 1. The lowest BCUT2D eigenvalue weighted by atomic mass is 10.2. The maximum atomic E-state index is 13.1. The highest BCUT2D eigenvalue weighted by atomic mass is 32.1. The van der Waals surface area contributed by atoms with Crippen molar-refractivity contribution in [3.05, 3.63) is 58.4 Å². The average molecular weight is 370 g/mol. The van der Waals surface area contributed by atoms with Crippen molar-refractivity contribution >= 4 is 17.2 Å². The molecule has 134 valence electrons. The molecule has 0 atom stereocenters. The third-order valence-electron chi connectivity index (χ3n) is 4.48. The Kier molecular flexibility index (Phi) is 4.55. The summed E-state index contributed by atoms with van der Waals surface area (Å²) < 4.78 is 15.2. The van der Waals surface area contributed by atoms with Gasteiger partial charge in [-0.2, -0.15) is 0 Å². The summed E-state index contributed by atoms with van der Waals surface area (Å²) in [6.45, 7) is 3.22. The van der Waals surface area contributed by atoms with E-state index in [2.05, 4.69) is 19.9 Å². The van der Waals surface area contributed by atoms with Crippen LogP contribution >= 0.6 is 11.3 Å². The van der Waals surface area contributed by atoms with E-state index < -0.39 is 0 Å². The summed E-state index contributed by atoms with van der Waals surface area (Å²) in [7, 11) is 0. The number of hydrogen-bond acceptors (Lipinski definition) is 4. The van der Waals surface area contributed by atoms with Crippen molar-refractivity contribution in [3.8, 4) is 10.6 Å². The summed E-state index contributed by atoms with van der Waals surface area (Å²) in [5.41, 5.74) is 2.37. The van der Waals surface area contributed by atoms with Crippen LogP contribution in [0.15, 0.2) is 30.5 Å². The van der Waals surface area contributed by atoms with Gasteiger partial charge in [-0.1, -0.05) is 0 Å². The van der Waals surface area contributed by atoms with E-state index in [-0.39, 0.29) is 11.7 Å². The Bertz CT molecular complexity index is 922. The molecule has 2 aromatic heterocycles. The maximum absolute atomic E-state index is 13.1. The van der Waals surface area contributed by atoms with Gasteiger partial charge in [0, 0.05) is 24.7 Å². The topological polar surface area (TPSA) is 59.8 Å². The molecule has 1 N–H and O–H groups in total. The smallest absolute Gasteiger partial charge is 0.263 e. The van der Waals surface area contributed by atoms with Gasteiger partial charge in [0.2, 0.25) is 0 Å². The molecule has 7 heteroatoms. The molecule has 1 aliphatic rings. The van der Waals surface area contributed by atoms with Crippen molar-refractivity contribution in [2.75, 3.05) is 0 Å².